The molecule has 8 heteroatoms. The molecule has 0 aromatic carbocycles. The van der Waals surface area contributed by atoms with Gasteiger partial charge in [0.2, 0.25) is 5.91 Å². The van der Waals surface area contributed by atoms with Gasteiger partial charge in [0.1, 0.15) is 0 Å². The van der Waals surface area contributed by atoms with E-state index in [1.54, 1.807) is 0 Å². The van der Waals surface area contributed by atoms with Crippen LogP contribution in [-0.4, -0.2) is 80.7 Å². The Morgan fingerprint density at radius 3 is 2.62 bits per heavy atom. The lowest BCUT2D eigenvalue weighted by Crippen LogP contribution is -2.49. The van der Waals surface area contributed by atoms with Crippen molar-refractivity contribution in [3.8, 4) is 0 Å². The maximum Gasteiger partial charge on any atom is 0.281 e. The summed E-state index contributed by atoms with van der Waals surface area (Å²) in [4.78, 5) is 15.0. The van der Waals surface area contributed by atoms with Crippen molar-refractivity contribution in [2.24, 2.45) is 5.92 Å². The van der Waals surface area contributed by atoms with Gasteiger partial charge >= 0.3 is 0 Å². The molecule has 2 saturated heterocycles. The minimum atomic E-state index is -3.44. The average molecular weight is 389 g/mol. The zero-order chi connectivity index (χ0) is 19.2. The first-order valence-electron chi connectivity index (χ1n) is 10.1. The van der Waals surface area contributed by atoms with E-state index in [4.69, 9.17) is 0 Å². The number of piperidine rings is 2. The third kappa shape index (κ3) is 5.65. The Balaban J connectivity index is 1.74. The first-order valence-corrected chi connectivity index (χ1v) is 11.4. The van der Waals surface area contributed by atoms with Crippen LogP contribution in [0.3, 0.4) is 0 Å². The molecule has 0 bridgehead atoms. The molecule has 1 N–H and O–H groups in total. The first-order chi connectivity index (χ1) is 12.4. The molecule has 0 saturated carbocycles. The Morgan fingerprint density at radius 1 is 1.15 bits per heavy atom. The number of nitrogens with one attached hydrogen (secondary N) is 1. The van der Waals surface area contributed by atoms with Gasteiger partial charge in [0.05, 0.1) is 5.92 Å². The monoisotopic (exact) mass is 388 g/mol. The van der Waals surface area contributed by atoms with Crippen LogP contribution in [0.4, 0.5) is 0 Å². The first kappa shape index (κ1) is 21.6. The Bertz CT molecular complexity index is 553. The molecule has 0 aromatic heterocycles. The second kappa shape index (κ2) is 10.0. The van der Waals surface area contributed by atoms with Crippen molar-refractivity contribution in [3.63, 3.8) is 0 Å². The van der Waals surface area contributed by atoms with E-state index in [9.17, 15) is 13.2 Å². The van der Waals surface area contributed by atoms with Gasteiger partial charge in [0.15, 0.2) is 0 Å². The molecule has 2 fully saturated rings. The van der Waals surface area contributed by atoms with Crippen LogP contribution in [0.2, 0.25) is 0 Å². The van der Waals surface area contributed by atoms with E-state index >= 15 is 0 Å². The summed E-state index contributed by atoms with van der Waals surface area (Å²) in [6.45, 7) is 5.91. The van der Waals surface area contributed by atoms with Crippen LogP contribution in [0.25, 0.3) is 0 Å². The third-order valence-corrected chi connectivity index (χ3v) is 7.59. The van der Waals surface area contributed by atoms with Crippen LogP contribution < -0.4 is 5.32 Å². The molecule has 1 amide bonds. The highest BCUT2D eigenvalue weighted by molar-refractivity contribution is 7.86. The predicted molar refractivity (Wildman–Crippen MR) is 104 cm³/mol. The molecule has 0 spiro atoms. The van der Waals surface area contributed by atoms with E-state index in [-0.39, 0.29) is 18.4 Å². The molecule has 0 aliphatic carbocycles. The van der Waals surface area contributed by atoms with Crippen LogP contribution in [0.1, 0.15) is 51.9 Å². The number of amides is 1. The van der Waals surface area contributed by atoms with Gasteiger partial charge in [0, 0.05) is 46.3 Å². The standard InChI is InChI=1S/C18H36N4O3S/c1-4-17-10-5-6-12-21(17)13-8-11-19-18(23)16-9-7-14-22(15-16)26(24,25)20(2)3/h16-17H,4-15H2,1-3H3,(H,19,23). The molecule has 2 rings (SSSR count). The predicted octanol–water partition coefficient (Wildman–Crippen LogP) is 1.28. The molecule has 2 heterocycles. The SMILES string of the molecule is CCC1CCCCN1CCCNC(=O)C1CCCN(S(=O)(=O)N(C)C)C1. The fraction of sp³-hybridized carbons (Fsp3) is 0.944. The highest BCUT2D eigenvalue weighted by Gasteiger charge is 2.33. The largest absolute Gasteiger partial charge is 0.356 e. The van der Waals surface area contributed by atoms with Gasteiger partial charge < -0.3 is 10.2 Å². The Hall–Kier alpha value is -0.700. The number of rotatable bonds is 8. The Morgan fingerprint density at radius 2 is 1.92 bits per heavy atom. The molecule has 152 valence electrons. The molecule has 2 atom stereocenters. The zero-order valence-electron chi connectivity index (χ0n) is 16.6. The summed E-state index contributed by atoms with van der Waals surface area (Å²) in [7, 11) is -0.373. The molecule has 0 aromatic rings. The number of nitrogens with zero attached hydrogens (tertiary/aromatic N) is 3. The quantitative estimate of drug-likeness (QED) is 0.636. The third-order valence-electron chi connectivity index (χ3n) is 5.68. The van der Waals surface area contributed by atoms with Gasteiger partial charge in [-0.1, -0.05) is 13.3 Å². The van der Waals surface area contributed by atoms with E-state index in [1.807, 2.05) is 0 Å². The second-order valence-electron chi connectivity index (χ2n) is 7.73. The van der Waals surface area contributed by atoms with Gasteiger partial charge in [0.25, 0.3) is 10.2 Å². The summed E-state index contributed by atoms with van der Waals surface area (Å²) >= 11 is 0. The number of hydrogen-bond donors (Lipinski definition) is 1. The van der Waals surface area contributed by atoms with Gasteiger partial charge in [-0.3, -0.25) is 4.79 Å². The maximum atomic E-state index is 12.5. The van der Waals surface area contributed by atoms with Crippen LogP contribution in [0.5, 0.6) is 0 Å². The summed E-state index contributed by atoms with van der Waals surface area (Å²) < 4.78 is 27.2. The van der Waals surface area contributed by atoms with Crippen molar-refractivity contribution in [2.45, 2.75) is 57.9 Å². The summed E-state index contributed by atoms with van der Waals surface area (Å²) in [6.07, 6.45) is 7.55. The van der Waals surface area contributed by atoms with Crippen molar-refractivity contribution in [1.29, 1.82) is 0 Å². The minimum absolute atomic E-state index is 0.00524. The highest BCUT2D eigenvalue weighted by Crippen LogP contribution is 2.21. The topological polar surface area (TPSA) is 73.0 Å². The van der Waals surface area contributed by atoms with Crippen molar-refractivity contribution in [3.05, 3.63) is 0 Å². The highest BCUT2D eigenvalue weighted by atomic mass is 32.2. The van der Waals surface area contributed by atoms with E-state index in [0.717, 1.165) is 25.8 Å². The van der Waals surface area contributed by atoms with E-state index in [2.05, 4.69) is 17.1 Å². The van der Waals surface area contributed by atoms with Gasteiger partial charge in [-0.2, -0.15) is 17.0 Å². The lowest BCUT2D eigenvalue weighted by atomic mass is 9.98. The molecule has 0 radical (unpaired) electrons. The second-order valence-corrected chi connectivity index (χ2v) is 9.87. The fourth-order valence-electron chi connectivity index (χ4n) is 4.05. The van der Waals surface area contributed by atoms with Crippen molar-refractivity contribution in [2.75, 3.05) is 46.8 Å². The fourth-order valence-corrected chi connectivity index (χ4v) is 5.24. The molecular weight excluding hydrogens is 352 g/mol. The zero-order valence-corrected chi connectivity index (χ0v) is 17.4. The van der Waals surface area contributed by atoms with E-state index < -0.39 is 10.2 Å². The normalized spacial score (nSPS) is 26.2. The van der Waals surface area contributed by atoms with Crippen LogP contribution in [0.15, 0.2) is 0 Å². The summed E-state index contributed by atoms with van der Waals surface area (Å²) in [6, 6.07) is 0.697. The maximum absolute atomic E-state index is 12.5. The molecule has 2 aliphatic rings. The molecule has 26 heavy (non-hydrogen) atoms. The Kier molecular flexibility index (Phi) is 8.32. The number of hydrogen-bond acceptors (Lipinski definition) is 4. The Labute approximate surface area is 159 Å². The van der Waals surface area contributed by atoms with Crippen molar-refractivity contribution in [1.82, 2.24) is 18.8 Å². The molecular formula is C18H36N4O3S. The lowest BCUT2D eigenvalue weighted by molar-refractivity contribution is -0.126. The summed E-state index contributed by atoms with van der Waals surface area (Å²) in [5.41, 5.74) is 0. The van der Waals surface area contributed by atoms with Crippen molar-refractivity contribution < 1.29 is 13.2 Å². The smallest absolute Gasteiger partial charge is 0.281 e. The van der Waals surface area contributed by atoms with Gasteiger partial charge in [-0.05, 0) is 45.1 Å². The number of carbonyl (C=O) groups excluding carboxylic acids is 1. The summed E-state index contributed by atoms with van der Waals surface area (Å²) in [5, 5.41) is 3.03. The average Bonchev–Trinajstić information content (AvgIpc) is 2.65. The molecule has 7 nitrogen and oxygen atoms in total. The molecule has 2 aliphatic heterocycles. The number of likely N-dealkylation sites (tertiary alicyclic amines) is 1. The van der Waals surface area contributed by atoms with E-state index in [0.29, 0.717) is 19.1 Å². The van der Waals surface area contributed by atoms with Crippen molar-refractivity contribution >= 4 is 16.1 Å². The van der Waals surface area contributed by atoms with E-state index in [1.165, 1.54) is 54.9 Å². The molecule has 2 unspecified atom stereocenters. The summed E-state index contributed by atoms with van der Waals surface area (Å²) in [5.74, 6) is -0.244. The van der Waals surface area contributed by atoms with Gasteiger partial charge in [-0.15, -0.1) is 0 Å². The number of carbonyl (C=O) groups is 1. The van der Waals surface area contributed by atoms with Crippen LogP contribution in [-0.2, 0) is 15.0 Å². The minimum Gasteiger partial charge on any atom is -0.356 e. The van der Waals surface area contributed by atoms with Crippen LogP contribution in [0, 0.1) is 5.92 Å². The van der Waals surface area contributed by atoms with Crippen LogP contribution >= 0.6 is 0 Å². The van der Waals surface area contributed by atoms with Gasteiger partial charge in [-0.25, -0.2) is 0 Å². The lowest BCUT2D eigenvalue weighted by Gasteiger charge is -2.35.